The Morgan fingerprint density at radius 2 is 1.86 bits per heavy atom. The standard InChI is InChI=1S/C17H20BrFN2/c1-12(20-2)14-6-9-17(16(19)10-14)21(3)11-13-4-7-15(18)8-5-13/h4-10,12,20H,11H2,1-3H3. The lowest BCUT2D eigenvalue weighted by molar-refractivity contribution is 0.605. The number of anilines is 1. The normalized spacial score (nSPS) is 12.2. The van der Waals surface area contributed by atoms with Crippen LogP contribution in [0.15, 0.2) is 46.9 Å². The summed E-state index contributed by atoms with van der Waals surface area (Å²) in [6.45, 7) is 2.69. The number of nitrogens with one attached hydrogen (secondary N) is 1. The zero-order valence-corrected chi connectivity index (χ0v) is 14.1. The molecule has 0 fully saturated rings. The van der Waals surface area contributed by atoms with Gasteiger partial charge in [0.1, 0.15) is 5.82 Å². The second-order valence-electron chi connectivity index (χ2n) is 5.20. The molecule has 112 valence electrons. The monoisotopic (exact) mass is 350 g/mol. The van der Waals surface area contributed by atoms with Crippen LogP contribution in [0.1, 0.15) is 24.1 Å². The first kappa shape index (κ1) is 16.0. The fourth-order valence-corrected chi connectivity index (χ4v) is 2.48. The highest BCUT2D eigenvalue weighted by molar-refractivity contribution is 9.10. The van der Waals surface area contributed by atoms with Gasteiger partial charge >= 0.3 is 0 Å². The zero-order chi connectivity index (χ0) is 15.4. The summed E-state index contributed by atoms with van der Waals surface area (Å²) in [5.41, 5.74) is 2.72. The van der Waals surface area contributed by atoms with Gasteiger partial charge in [0.2, 0.25) is 0 Å². The fraction of sp³-hybridized carbons (Fsp3) is 0.294. The summed E-state index contributed by atoms with van der Waals surface area (Å²) in [5.74, 6) is -0.186. The largest absolute Gasteiger partial charge is 0.368 e. The molecule has 2 nitrogen and oxygen atoms in total. The second-order valence-corrected chi connectivity index (χ2v) is 6.12. The number of hydrogen-bond acceptors (Lipinski definition) is 2. The lowest BCUT2D eigenvalue weighted by Crippen LogP contribution is -2.18. The van der Waals surface area contributed by atoms with Crippen LogP contribution in [0.3, 0.4) is 0 Å². The fourth-order valence-electron chi connectivity index (χ4n) is 2.22. The van der Waals surface area contributed by atoms with E-state index in [1.807, 2.05) is 62.3 Å². The minimum Gasteiger partial charge on any atom is -0.368 e. The quantitative estimate of drug-likeness (QED) is 0.853. The third-order valence-corrected chi connectivity index (χ3v) is 4.18. The van der Waals surface area contributed by atoms with Gasteiger partial charge in [-0.15, -0.1) is 0 Å². The topological polar surface area (TPSA) is 15.3 Å². The molecule has 21 heavy (non-hydrogen) atoms. The van der Waals surface area contributed by atoms with Crippen molar-refractivity contribution < 1.29 is 4.39 Å². The van der Waals surface area contributed by atoms with Gasteiger partial charge in [0.25, 0.3) is 0 Å². The predicted molar refractivity (Wildman–Crippen MR) is 90.1 cm³/mol. The van der Waals surface area contributed by atoms with Gasteiger partial charge in [0.15, 0.2) is 0 Å². The van der Waals surface area contributed by atoms with Crippen molar-refractivity contribution in [2.24, 2.45) is 0 Å². The molecular formula is C17H20BrFN2. The molecule has 0 aliphatic rings. The molecule has 0 radical (unpaired) electrons. The molecule has 0 heterocycles. The van der Waals surface area contributed by atoms with Gasteiger partial charge in [0.05, 0.1) is 5.69 Å². The van der Waals surface area contributed by atoms with Crippen molar-refractivity contribution in [1.29, 1.82) is 0 Å². The van der Waals surface area contributed by atoms with E-state index in [4.69, 9.17) is 0 Å². The summed E-state index contributed by atoms with van der Waals surface area (Å²) >= 11 is 3.42. The van der Waals surface area contributed by atoms with Crippen LogP contribution in [-0.2, 0) is 6.54 Å². The summed E-state index contributed by atoms with van der Waals surface area (Å²) < 4.78 is 15.3. The minimum atomic E-state index is -0.186. The Bertz CT molecular complexity index is 598. The zero-order valence-electron chi connectivity index (χ0n) is 12.5. The van der Waals surface area contributed by atoms with E-state index in [2.05, 4.69) is 21.2 Å². The van der Waals surface area contributed by atoms with Crippen molar-refractivity contribution in [2.75, 3.05) is 19.0 Å². The van der Waals surface area contributed by atoms with E-state index in [1.165, 1.54) is 0 Å². The van der Waals surface area contributed by atoms with Crippen molar-refractivity contribution in [3.8, 4) is 0 Å². The van der Waals surface area contributed by atoms with E-state index >= 15 is 0 Å². The van der Waals surface area contributed by atoms with E-state index in [1.54, 1.807) is 6.07 Å². The Kier molecular flexibility index (Phi) is 5.37. The van der Waals surface area contributed by atoms with Gasteiger partial charge in [-0.3, -0.25) is 0 Å². The van der Waals surface area contributed by atoms with Crippen LogP contribution in [0.25, 0.3) is 0 Å². The van der Waals surface area contributed by atoms with Crippen molar-refractivity contribution >= 4 is 21.6 Å². The molecule has 2 aromatic carbocycles. The molecular weight excluding hydrogens is 331 g/mol. The van der Waals surface area contributed by atoms with E-state index in [0.717, 1.165) is 15.6 Å². The number of nitrogens with zero attached hydrogens (tertiary/aromatic N) is 1. The molecule has 2 aromatic rings. The molecule has 0 bridgehead atoms. The van der Waals surface area contributed by atoms with Crippen LogP contribution in [-0.4, -0.2) is 14.1 Å². The van der Waals surface area contributed by atoms with Crippen LogP contribution in [0.2, 0.25) is 0 Å². The first-order chi connectivity index (χ1) is 10.0. The van der Waals surface area contributed by atoms with E-state index in [-0.39, 0.29) is 11.9 Å². The van der Waals surface area contributed by atoms with Crippen LogP contribution in [0, 0.1) is 5.82 Å². The molecule has 0 spiro atoms. The Labute approximate surface area is 134 Å². The Morgan fingerprint density at radius 1 is 1.19 bits per heavy atom. The maximum absolute atomic E-state index is 14.3. The van der Waals surface area contributed by atoms with Crippen LogP contribution >= 0.6 is 15.9 Å². The first-order valence-electron chi connectivity index (χ1n) is 6.93. The average Bonchev–Trinajstić information content (AvgIpc) is 2.48. The first-order valence-corrected chi connectivity index (χ1v) is 7.73. The minimum absolute atomic E-state index is 0.144. The third-order valence-electron chi connectivity index (χ3n) is 3.65. The highest BCUT2D eigenvalue weighted by atomic mass is 79.9. The van der Waals surface area contributed by atoms with Crippen molar-refractivity contribution in [3.63, 3.8) is 0 Å². The Balaban J connectivity index is 2.15. The molecule has 0 amide bonds. The smallest absolute Gasteiger partial charge is 0.146 e. The van der Waals surface area contributed by atoms with Gasteiger partial charge in [-0.05, 0) is 49.4 Å². The molecule has 1 unspecified atom stereocenters. The molecule has 2 rings (SSSR count). The summed E-state index contributed by atoms with van der Waals surface area (Å²) in [6, 6.07) is 13.6. The van der Waals surface area contributed by atoms with E-state index < -0.39 is 0 Å². The second kappa shape index (κ2) is 7.05. The molecule has 0 saturated heterocycles. The maximum Gasteiger partial charge on any atom is 0.146 e. The van der Waals surface area contributed by atoms with Crippen LogP contribution in [0.5, 0.6) is 0 Å². The lowest BCUT2D eigenvalue weighted by atomic mass is 10.1. The highest BCUT2D eigenvalue weighted by Crippen LogP contribution is 2.24. The molecule has 0 aliphatic carbocycles. The maximum atomic E-state index is 14.3. The van der Waals surface area contributed by atoms with Gasteiger partial charge in [-0.1, -0.05) is 34.1 Å². The van der Waals surface area contributed by atoms with Crippen LogP contribution in [0.4, 0.5) is 10.1 Å². The molecule has 0 aliphatic heterocycles. The summed E-state index contributed by atoms with van der Waals surface area (Å²) in [6.07, 6.45) is 0. The van der Waals surface area contributed by atoms with Crippen molar-refractivity contribution in [2.45, 2.75) is 19.5 Å². The highest BCUT2D eigenvalue weighted by Gasteiger charge is 2.11. The Hall–Kier alpha value is -1.39. The average molecular weight is 351 g/mol. The molecule has 1 N–H and O–H groups in total. The van der Waals surface area contributed by atoms with E-state index in [9.17, 15) is 4.39 Å². The lowest BCUT2D eigenvalue weighted by Gasteiger charge is -2.21. The molecule has 1 atom stereocenters. The summed E-state index contributed by atoms with van der Waals surface area (Å²) in [7, 11) is 3.78. The van der Waals surface area contributed by atoms with Gasteiger partial charge in [-0.25, -0.2) is 4.39 Å². The van der Waals surface area contributed by atoms with Crippen molar-refractivity contribution in [3.05, 3.63) is 63.9 Å². The number of hydrogen-bond donors (Lipinski definition) is 1. The van der Waals surface area contributed by atoms with Crippen molar-refractivity contribution in [1.82, 2.24) is 5.32 Å². The van der Waals surface area contributed by atoms with Crippen LogP contribution < -0.4 is 10.2 Å². The predicted octanol–water partition coefficient (Wildman–Crippen LogP) is 4.51. The third kappa shape index (κ3) is 4.05. The summed E-state index contributed by atoms with van der Waals surface area (Å²) in [5, 5.41) is 3.12. The molecule has 0 saturated carbocycles. The number of benzene rings is 2. The Morgan fingerprint density at radius 3 is 2.43 bits per heavy atom. The SMILES string of the molecule is CNC(C)c1ccc(N(C)Cc2ccc(Br)cc2)c(F)c1. The van der Waals surface area contributed by atoms with Gasteiger partial charge in [-0.2, -0.15) is 0 Å². The van der Waals surface area contributed by atoms with Gasteiger partial charge < -0.3 is 10.2 Å². The van der Waals surface area contributed by atoms with Gasteiger partial charge in [0, 0.05) is 24.1 Å². The number of halogens is 2. The number of rotatable bonds is 5. The molecule has 0 aromatic heterocycles. The summed E-state index contributed by atoms with van der Waals surface area (Å²) in [4.78, 5) is 1.92. The van der Waals surface area contributed by atoms with E-state index in [0.29, 0.717) is 12.2 Å². The molecule has 4 heteroatoms.